The van der Waals surface area contributed by atoms with E-state index in [1.54, 1.807) is 20.8 Å². The molecule has 1 unspecified atom stereocenters. The molecule has 1 aliphatic rings. The summed E-state index contributed by atoms with van der Waals surface area (Å²) in [6.45, 7) is 5.88. The van der Waals surface area contributed by atoms with Crippen LogP contribution in [0.25, 0.3) is 0 Å². The molecule has 0 aromatic heterocycles. The maximum Gasteiger partial charge on any atom is 0.410 e. The predicted octanol–water partition coefficient (Wildman–Crippen LogP) is 2.88. The van der Waals surface area contributed by atoms with Gasteiger partial charge >= 0.3 is 12.2 Å². The number of amides is 2. The molecule has 26 heavy (non-hydrogen) atoms. The number of carbonyl (C=O) groups excluding carboxylic acids is 3. The summed E-state index contributed by atoms with van der Waals surface area (Å²) in [4.78, 5) is 38.0. The first-order valence-corrected chi connectivity index (χ1v) is 8.72. The minimum Gasteiger partial charge on any atom is -0.445 e. The number of Topliss-reactive ketones (excluding diaryl/α,β-unsaturated/α-hetero) is 1. The number of alkyl carbamates (subject to hydrolysis) is 1. The van der Waals surface area contributed by atoms with Crippen molar-refractivity contribution in [1.29, 1.82) is 0 Å². The molecule has 1 atom stereocenters. The second-order valence-electron chi connectivity index (χ2n) is 7.25. The van der Waals surface area contributed by atoms with Crippen LogP contribution in [-0.2, 0) is 20.9 Å². The smallest absolute Gasteiger partial charge is 0.410 e. The first-order chi connectivity index (χ1) is 12.2. The highest BCUT2D eigenvalue weighted by atomic mass is 16.6. The summed E-state index contributed by atoms with van der Waals surface area (Å²) in [6.07, 6.45) is -0.343. The molecule has 1 N–H and O–H groups in total. The summed E-state index contributed by atoms with van der Waals surface area (Å²) >= 11 is 0. The summed E-state index contributed by atoms with van der Waals surface area (Å²) in [7, 11) is 0. The summed E-state index contributed by atoms with van der Waals surface area (Å²) in [6, 6.07) is 8.57. The highest BCUT2D eigenvalue weighted by molar-refractivity contribution is 5.88. The quantitative estimate of drug-likeness (QED) is 0.894. The van der Waals surface area contributed by atoms with E-state index in [0.717, 1.165) is 5.56 Å². The Morgan fingerprint density at radius 2 is 1.92 bits per heavy atom. The number of carbonyl (C=O) groups is 3. The molecular weight excluding hydrogens is 336 g/mol. The van der Waals surface area contributed by atoms with Crippen molar-refractivity contribution in [3.05, 3.63) is 35.9 Å². The molecule has 1 heterocycles. The van der Waals surface area contributed by atoms with Crippen LogP contribution in [-0.4, -0.2) is 47.6 Å². The van der Waals surface area contributed by atoms with Crippen molar-refractivity contribution in [1.82, 2.24) is 10.2 Å². The molecule has 142 valence electrons. The van der Waals surface area contributed by atoms with Gasteiger partial charge in [0.2, 0.25) is 0 Å². The molecule has 1 aromatic carbocycles. The number of rotatable bonds is 3. The topological polar surface area (TPSA) is 84.9 Å². The van der Waals surface area contributed by atoms with E-state index in [4.69, 9.17) is 9.47 Å². The first kappa shape index (κ1) is 19.8. The highest BCUT2D eigenvalue weighted by Gasteiger charge is 2.30. The molecule has 2 rings (SSSR count). The van der Waals surface area contributed by atoms with Gasteiger partial charge in [-0.2, -0.15) is 0 Å². The number of ketones is 1. The average Bonchev–Trinajstić information content (AvgIpc) is 2.74. The van der Waals surface area contributed by atoms with Gasteiger partial charge < -0.3 is 19.7 Å². The fourth-order valence-corrected chi connectivity index (χ4v) is 2.58. The zero-order chi connectivity index (χ0) is 19.2. The van der Waals surface area contributed by atoms with E-state index in [1.807, 2.05) is 30.3 Å². The number of nitrogens with one attached hydrogen (secondary N) is 1. The van der Waals surface area contributed by atoms with Crippen LogP contribution in [0.2, 0.25) is 0 Å². The Kier molecular flexibility index (Phi) is 6.60. The normalized spacial score (nSPS) is 18.0. The third-order valence-electron chi connectivity index (χ3n) is 3.80. The van der Waals surface area contributed by atoms with Gasteiger partial charge in [0.15, 0.2) is 5.78 Å². The molecule has 0 saturated carbocycles. The standard InChI is InChI=1S/C19H26N2O5/c1-19(2,3)26-17(23)20-15-12-21(11-7-10-16(15)22)18(24)25-13-14-8-5-4-6-9-14/h4-6,8-9,15H,7,10-13H2,1-3H3,(H,20,23). The Morgan fingerprint density at radius 3 is 2.58 bits per heavy atom. The molecule has 1 aromatic rings. The Bertz CT molecular complexity index is 639. The van der Waals surface area contributed by atoms with Gasteiger partial charge in [0.25, 0.3) is 0 Å². The molecule has 0 bridgehead atoms. The average molecular weight is 362 g/mol. The summed E-state index contributed by atoms with van der Waals surface area (Å²) in [5.41, 5.74) is 0.224. The Balaban J connectivity index is 1.93. The summed E-state index contributed by atoms with van der Waals surface area (Å²) in [5.74, 6) is -0.116. The molecule has 1 fully saturated rings. The zero-order valence-electron chi connectivity index (χ0n) is 15.5. The van der Waals surface area contributed by atoms with Gasteiger partial charge in [-0.1, -0.05) is 30.3 Å². The van der Waals surface area contributed by atoms with Crippen LogP contribution in [0.15, 0.2) is 30.3 Å². The molecule has 0 aliphatic carbocycles. The monoisotopic (exact) mass is 362 g/mol. The SMILES string of the molecule is CC(C)(C)OC(=O)NC1CN(C(=O)OCc2ccccc2)CCCC1=O. The third-order valence-corrected chi connectivity index (χ3v) is 3.80. The molecule has 2 amide bonds. The van der Waals surface area contributed by atoms with Crippen LogP contribution in [0.5, 0.6) is 0 Å². The van der Waals surface area contributed by atoms with Gasteiger partial charge in [-0.3, -0.25) is 4.79 Å². The lowest BCUT2D eigenvalue weighted by Crippen LogP contribution is -2.49. The van der Waals surface area contributed by atoms with Crippen molar-refractivity contribution in [3.8, 4) is 0 Å². The lowest BCUT2D eigenvalue weighted by molar-refractivity contribution is -0.120. The van der Waals surface area contributed by atoms with Crippen molar-refractivity contribution in [2.24, 2.45) is 0 Å². The van der Waals surface area contributed by atoms with Gasteiger partial charge in [-0.25, -0.2) is 9.59 Å². The summed E-state index contributed by atoms with van der Waals surface area (Å²) in [5, 5.41) is 2.56. The van der Waals surface area contributed by atoms with E-state index in [1.165, 1.54) is 4.90 Å². The molecule has 0 spiro atoms. The number of hydrogen-bond donors (Lipinski definition) is 1. The summed E-state index contributed by atoms with van der Waals surface area (Å²) < 4.78 is 10.5. The van der Waals surface area contributed by atoms with E-state index >= 15 is 0 Å². The number of benzene rings is 1. The lowest BCUT2D eigenvalue weighted by atomic mass is 10.1. The van der Waals surface area contributed by atoms with Crippen LogP contribution in [0, 0.1) is 0 Å². The second-order valence-corrected chi connectivity index (χ2v) is 7.25. The van der Waals surface area contributed by atoms with Gasteiger partial charge in [0.05, 0.1) is 6.54 Å². The van der Waals surface area contributed by atoms with Gasteiger partial charge in [0.1, 0.15) is 18.2 Å². The lowest BCUT2D eigenvalue weighted by Gasteiger charge is -2.25. The Morgan fingerprint density at radius 1 is 1.23 bits per heavy atom. The molecule has 1 saturated heterocycles. The Hall–Kier alpha value is -2.57. The number of hydrogen-bond acceptors (Lipinski definition) is 5. The van der Waals surface area contributed by atoms with Crippen LogP contribution in [0.1, 0.15) is 39.2 Å². The minimum atomic E-state index is -0.795. The predicted molar refractivity (Wildman–Crippen MR) is 95.6 cm³/mol. The molecule has 0 radical (unpaired) electrons. The van der Waals surface area contributed by atoms with Gasteiger partial charge in [0, 0.05) is 13.0 Å². The molecular formula is C19H26N2O5. The van der Waals surface area contributed by atoms with Crippen molar-refractivity contribution in [2.75, 3.05) is 13.1 Å². The van der Waals surface area contributed by atoms with Crippen molar-refractivity contribution in [3.63, 3.8) is 0 Å². The van der Waals surface area contributed by atoms with Gasteiger partial charge in [-0.15, -0.1) is 0 Å². The van der Waals surface area contributed by atoms with Crippen LogP contribution in [0.3, 0.4) is 0 Å². The number of ether oxygens (including phenoxy) is 2. The number of nitrogens with zero attached hydrogens (tertiary/aromatic N) is 1. The van der Waals surface area contributed by atoms with Crippen LogP contribution >= 0.6 is 0 Å². The fourth-order valence-electron chi connectivity index (χ4n) is 2.58. The van der Waals surface area contributed by atoms with E-state index in [0.29, 0.717) is 19.4 Å². The zero-order valence-corrected chi connectivity index (χ0v) is 15.5. The Labute approximate surface area is 153 Å². The third kappa shape index (κ3) is 6.38. The van der Waals surface area contributed by atoms with E-state index in [2.05, 4.69) is 5.32 Å². The van der Waals surface area contributed by atoms with E-state index in [-0.39, 0.29) is 18.9 Å². The van der Waals surface area contributed by atoms with E-state index < -0.39 is 23.8 Å². The minimum absolute atomic E-state index is 0.0751. The first-order valence-electron chi connectivity index (χ1n) is 8.72. The van der Waals surface area contributed by atoms with Crippen molar-refractivity contribution < 1.29 is 23.9 Å². The van der Waals surface area contributed by atoms with Crippen LogP contribution < -0.4 is 5.32 Å². The highest BCUT2D eigenvalue weighted by Crippen LogP contribution is 2.12. The van der Waals surface area contributed by atoms with Crippen molar-refractivity contribution in [2.45, 2.75) is 51.9 Å². The number of likely N-dealkylation sites (tertiary alicyclic amines) is 1. The van der Waals surface area contributed by atoms with Gasteiger partial charge in [-0.05, 0) is 32.8 Å². The molecule has 1 aliphatic heterocycles. The van der Waals surface area contributed by atoms with Crippen LogP contribution in [0.4, 0.5) is 9.59 Å². The largest absolute Gasteiger partial charge is 0.445 e. The maximum absolute atomic E-state index is 12.3. The fraction of sp³-hybridized carbons (Fsp3) is 0.526. The molecule has 7 nitrogen and oxygen atoms in total. The van der Waals surface area contributed by atoms with Crippen molar-refractivity contribution >= 4 is 18.0 Å². The second kappa shape index (κ2) is 8.69. The molecule has 7 heteroatoms. The van der Waals surface area contributed by atoms with E-state index in [9.17, 15) is 14.4 Å². The maximum atomic E-state index is 12.3.